The van der Waals surface area contributed by atoms with E-state index in [0.717, 1.165) is 53.0 Å². The minimum absolute atomic E-state index is 0.341. The number of piperazine rings is 1. The Morgan fingerprint density at radius 1 is 1.04 bits per heavy atom. The molecule has 1 aromatic heterocycles. The largest absolute Gasteiger partial charge is 0.497 e. The Hall–Kier alpha value is -2.32. The van der Waals surface area contributed by atoms with Crippen LogP contribution >= 0.6 is 11.3 Å². The SMILES string of the molecule is COc1cccc(N2CCN(c3nc4ccc(S(C)(=O)=O)cc4s3)CC2)c1. The molecule has 1 saturated heterocycles. The topological polar surface area (TPSA) is 62.7 Å². The maximum atomic E-state index is 11.8. The van der Waals surface area contributed by atoms with Crippen molar-refractivity contribution in [3.05, 3.63) is 42.5 Å². The minimum Gasteiger partial charge on any atom is -0.497 e. The third-order valence-electron chi connectivity index (χ3n) is 4.75. The van der Waals surface area contributed by atoms with Gasteiger partial charge in [0, 0.05) is 44.2 Å². The van der Waals surface area contributed by atoms with Crippen molar-refractivity contribution < 1.29 is 13.2 Å². The lowest BCUT2D eigenvalue weighted by atomic mass is 10.2. The highest BCUT2D eigenvalue weighted by atomic mass is 32.2. The molecule has 0 saturated carbocycles. The van der Waals surface area contributed by atoms with E-state index < -0.39 is 9.84 Å². The molecule has 0 unspecified atom stereocenters. The van der Waals surface area contributed by atoms with Crippen molar-refractivity contribution in [2.45, 2.75) is 4.90 Å². The van der Waals surface area contributed by atoms with Crippen molar-refractivity contribution in [2.75, 3.05) is 49.3 Å². The molecule has 1 aliphatic heterocycles. The maximum Gasteiger partial charge on any atom is 0.186 e. The number of rotatable bonds is 4. The summed E-state index contributed by atoms with van der Waals surface area (Å²) in [5.41, 5.74) is 2.01. The van der Waals surface area contributed by atoms with Crippen LogP contribution in [0.2, 0.25) is 0 Å². The Balaban J connectivity index is 1.50. The first-order valence-corrected chi connectivity index (χ1v) is 11.4. The van der Waals surface area contributed by atoms with Crippen LogP contribution in [0.4, 0.5) is 10.8 Å². The first-order chi connectivity index (χ1) is 12.9. The van der Waals surface area contributed by atoms with Crippen LogP contribution < -0.4 is 14.5 Å². The van der Waals surface area contributed by atoms with Crippen LogP contribution in [-0.2, 0) is 9.84 Å². The molecule has 0 aliphatic carbocycles. The lowest BCUT2D eigenvalue weighted by Gasteiger charge is -2.36. The number of nitrogens with zero attached hydrogens (tertiary/aromatic N) is 3. The fraction of sp³-hybridized carbons (Fsp3) is 0.316. The fourth-order valence-electron chi connectivity index (χ4n) is 3.22. The van der Waals surface area contributed by atoms with Crippen LogP contribution in [0.1, 0.15) is 0 Å². The highest BCUT2D eigenvalue weighted by molar-refractivity contribution is 7.90. The molecule has 0 bridgehead atoms. The van der Waals surface area contributed by atoms with Gasteiger partial charge in [-0.3, -0.25) is 0 Å². The molecule has 4 rings (SSSR count). The lowest BCUT2D eigenvalue weighted by Crippen LogP contribution is -2.46. The molecule has 1 fully saturated rings. The Morgan fingerprint density at radius 2 is 1.78 bits per heavy atom. The molecular weight excluding hydrogens is 382 g/mol. The molecule has 8 heteroatoms. The van der Waals surface area contributed by atoms with Crippen LogP contribution in [-0.4, -0.2) is 52.9 Å². The van der Waals surface area contributed by atoms with E-state index in [9.17, 15) is 8.42 Å². The van der Waals surface area contributed by atoms with Crippen molar-refractivity contribution in [1.82, 2.24) is 4.98 Å². The van der Waals surface area contributed by atoms with E-state index in [0.29, 0.717) is 4.90 Å². The van der Waals surface area contributed by atoms with Crippen LogP contribution in [0.25, 0.3) is 10.2 Å². The van der Waals surface area contributed by atoms with Crippen LogP contribution in [0.3, 0.4) is 0 Å². The predicted octanol–water partition coefficient (Wildman–Crippen LogP) is 3.04. The molecule has 0 N–H and O–H groups in total. The van der Waals surface area contributed by atoms with Gasteiger partial charge in [-0.2, -0.15) is 0 Å². The van der Waals surface area contributed by atoms with Crippen LogP contribution in [0.5, 0.6) is 5.75 Å². The molecular formula is C19H21N3O3S2. The lowest BCUT2D eigenvalue weighted by molar-refractivity contribution is 0.414. The van der Waals surface area contributed by atoms with Gasteiger partial charge in [0.25, 0.3) is 0 Å². The summed E-state index contributed by atoms with van der Waals surface area (Å²) in [5.74, 6) is 0.864. The van der Waals surface area contributed by atoms with E-state index in [4.69, 9.17) is 9.72 Å². The number of fused-ring (bicyclic) bond motifs is 1. The smallest absolute Gasteiger partial charge is 0.186 e. The Kier molecular flexibility index (Phi) is 4.69. The molecule has 3 aromatic rings. The van der Waals surface area contributed by atoms with Crippen molar-refractivity contribution >= 4 is 42.2 Å². The maximum absolute atomic E-state index is 11.8. The van der Waals surface area contributed by atoms with E-state index in [1.54, 1.807) is 36.6 Å². The summed E-state index contributed by atoms with van der Waals surface area (Å²) in [6.07, 6.45) is 1.23. The van der Waals surface area contributed by atoms with Gasteiger partial charge in [-0.1, -0.05) is 17.4 Å². The number of methoxy groups -OCH3 is 1. The summed E-state index contributed by atoms with van der Waals surface area (Å²) in [4.78, 5) is 9.64. The zero-order valence-corrected chi connectivity index (χ0v) is 16.9. The Bertz CT molecular complexity index is 1070. The molecule has 6 nitrogen and oxygen atoms in total. The van der Waals surface area contributed by atoms with Crippen molar-refractivity contribution in [1.29, 1.82) is 0 Å². The number of hydrogen-bond acceptors (Lipinski definition) is 7. The molecule has 2 aromatic carbocycles. The van der Waals surface area contributed by atoms with Gasteiger partial charge in [0.15, 0.2) is 15.0 Å². The van der Waals surface area contributed by atoms with E-state index >= 15 is 0 Å². The second-order valence-electron chi connectivity index (χ2n) is 6.57. The molecule has 0 spiro atoms. The fourth-order valence-corrected chi connectivity index (χ4v) is 5.00. The van der Waals surface area contributed by atoms with E-state index in [-0.39, 0.29) is 0 Å². The van der Waals surface area contributed by atoms with E-state index in [1.165, 1.54) is 6.26 Å². The molecule has 27 heavy (non-hydrogen) atoms. The van der Waals surface area contributed by atoms with Crippen LogP contribution in [0.15, 0.2) is 47.4 Å². The number of benzene rings is 2. The molecule has 142 valence electrons. The number of anilines is 2. The average molecular weight is 404 g/mol. The number of hydrogen-bond donors (Lipinski definition) is 0. The normalized spacial score (nSPS) is 15.3. The molecule has 0 atom stereocenters. The number of sulfone groups is 1. The van der Waals surface area contributed by atoms with Crippen molar-refractivity contribution in [2.24, 2.45) is 0 Å². The summed E-state index contributed by atoms with van der Waals surface area (Å²) in [6.45, 7) is 3.54. The van der Waals surface area contributed by atoms with Gasteiger partial charge in [0.05, 0.1) is 22.2 Å². The highest BCUT2D eigenvalue weighted by Gasteiger charge is 2.21. The molecule has 1 aliphatic rings. The summed E-state index contributed by atoms with van der Waals surface area (Å²) < 4.78 is 29.7. The van der Waals surface area contributed by atoms with Gasteiger partial charge in [0.2, 0.25) is 0 Å². The molecule has 0 amide bonds. The second-order valence-corrected chi connectivity index (χ2v) is 9.60. The van der Waals surface area contributed by atoms with Crippen molar-refractivity contribution in [3.63, 3.8) is 0 Å². The Labute approximate surface area is 162 Å². The van der Waals surface area contributed by atoms with Gasteiger partial charge in [0.1, 0.15) is 5.75 Å². The summed E-state index contributed by atoms with van der Waals surface area (Å²) in [7, 11) is -1.53. The van der Waals surface area contributed by atoms with E-state index in [2.05, 4.69) is 21.9 Å². The first-order valence-electron chi connectivity index (χ1n) is 8.69. The quantitative estimate of drug-likeness (QED) is 0.667. The van der Waals surface area contributed by atoms with E-state index in [1.807, 2.05) is 12.1 Å². The third kappa shape index (κ3) is 3.72. The van der Waals surface area contributed by atoms with Gasteiger partial charge < -0.3 is 14.5 Å². The third-order valence-corrected chi connectivity index (χ3v) is 6.93. The molecule has 2 heterocycles. The van der Waals surface area contributed by atoms with Crippen molar-refractivity contribution in [3.8, 4) is 5.75 Å². The van der Waals surface area contributed by atoms with Gasteiger partial charge in [-0.05, 0) is 30.3 Å². The zero-order chi connectivity index (χ0) is 19.0. The van der Waals surface area contributed by atoms with Gasteiger partial charge >= 0.3 is 0 Å². The van der Waals surface area contributed by atoms with Gasteiger partial charge in [-0.25, -0.2) is 13.4 Å². The van der Waals surface area contributed by atoms with Crippen LogP contribution in [0, 0.1) is 0 Å². The summed E-state index contributed by atoms with van der Waals surface area (Å²) in [5, 5.41) is 0.945. The summed E-state index contributed by atoms with van der Waals surface area (Å²) >= 11 is 1.55. The Morgan fingerprint density at radius 3 is 2.48 bits per heavy atom. The second kappa shape index (κ2) is 7.01. The number of aromatic nitrogens is 1. The number of ether oxygens (including phenoxy) is 1. The predicted molar refractivity (Wildman–Crippen MR) is 110 cm³/mol. The average Bonchev–Trinajstić information content (AvgIpc) is 3.11. The highest BCUT2D eigenvalue weighted by Crippen LogP contribution is 2.32. The molecule has 0 radical (unpaired) electrons. The minimum atomic E-state index is -3.21. The monoisotopic (exact) mass is 403 g/mol. The van der Waals surface area contributed by atoms with Gasteiger partial charge in [-0.15, -0.1) is 0 Å². The first kappa shape index (κ1) is 18.1. The summed E-state index contributed by atoms with van der Waals surface area (Å²) in [6, 6.07) is 13.3. The number of thiazole rings is 1. The zero-order valence-electron chi connectivity index (χ0n) is 15.3. The standard InChI is InChI=1S/C19H21N3O3S2/c1-25-15-5-3-4-14(12-15)21-8-10-22(11-9-21)19-20-17-7-6-16(27(2,23)24)13-18(17)26-19/h3-7,12-13H,8-11H2,1-2H3.